The summed E-state index contributed by atoms with van der Waals surface area (Å²) >= 11 is 0. The lowest BCUT2D eigenvalue weighted by atomic mass is 9.78. The van der Waals surface area contributed by atoms with E-state index in [9.17, 15) is 4.79 Å². The average Bonchev–Trinajstić information content (AvgIpc) is 2.91. The van der Waals surface area contributed by atoms with Crippen LogP contribution in [0.5, 0.6) is 0 Å². The van der Waals surface area contributed by atoms with Gasteiger partial charge >= 0.3 is 5.97 Å². The minimum atomic E-state index is -0.269. The number of fused-ring (bicyclic) bond motifs is 1. The minimum Gasteiger partial charge on any atom is -0.463 e. The van der Waals surface area contributed by atoms with Crippen molar-refractivity contribution in [3.63, 3.8) is 0 Å². The normalized spacial score (nSPS) is 15.9. The number of aryl methyl sites for hydroxylation is 2. The zero-order valence-corrected chi connectivity index (χ0v) is 17.6. The van der Waals surface area contributed by atoms with Crippen LogP contribution in [0, 0.1) is 6.92 Å². The molecule has 2 aromatic rings. The van der Waals surface area contributed by atoms with Gasteiger partial charge in [-0.05, 0) is 37.8 Å². The Morgan fingerprint density at radius 1 is 1.30 bits per heavy atom. The van der Waals surface area contributed by atoms with Gasteiger partial charge in [0.2, 0.25) is 0 Å². The molecule has 0 spiro atoms. The molecular formula is C21H28ClN3O2. The van der Waals surface area contributed by atoms with E-state index in [2.05, 4.69) is 38.2 Å². The van der Waals surface area contributed by atoms with Gasteiger partial charge in [0.05, 0.1) is 17.9 Å². The maximum Gasteiger partial charge on any atom is 0.336 e. The van der Waals surface area contributed by atoms with E-state index in [4.69, 9.17) is 9.84 Å². The van der Waals surface area contributed by atoms with Gasteiger partial charge in [0.25, 0.3) is 0 Å². The molecule has 1 aromatic heterocycles. The lowest BCUT2D eigenvalue weighted by Crippen LogP contribution is -2.25. The molecule has 1 aliphatic rings. The van der Waals surface area contributed by atoms with E-state index in [0.717, 1.165) is 33.9 Å². The first-order chi connectivity index (χ1) is 12.4. The second-order valence-corrected chi connectivity index (χ2v) is 7.10. The first-order valence-electron chi connectivity index (χ1n) is 9.14. The van der Waals surface area contributed by atoms with Crippen molar-refractivity contribution in [2.75, 3.05) is 11.9 Å². The van der Waals surface area contributed by atoms with Gasteiger partial charge in [-0.2, -0.15) is 5.10 Å². The maximum atomic E-state index is 12.9. The van der Waals surface area contributed by atoms with Crippen LogP contribution in [0.1, 0.15) is 61.9 Å². The SMILES string of the molecule is CCOC(=O)C1=C(C)Nc2c(c(C(C)C)nn2C)C1c1ccccc1C.Cl. The predicted molar refractivity (Wildman–Crippen MR) is 111 cm³/mol. The number of aromatic nitrogens is 2. The first-order valence-corrected chi connectivity index (χ1v) is 9.14. The van der Waals surface area contributed by atoms with Crippen molar-refractivity contribution in [3.8, 4) is 0 Å². The second-order valence-electron chi connectivity index (χ2n) is 7.10. The summed E-state index contributed by atoms with van der Waals surface area (Å²) in [4.78, 5) is 12.9. The number of anilines is 1. The Kier molecular flexibility index (Phi) is 6.37. The number of esters is 1. The number of carbonyl (C=O) groups excluding carboxylic acids is 1. The van der Waals surface area contributed by atoms with E-state index < -0.39 is 0 Å². The number of hydrogen-bond donors (Lipinski definition) is 1. The summed E-state index contributed by atoms with van der Waals surface area (Å²) < 4.78 is 7.28. The number of halogens is 1. The van der Waals surface area contributed by atoms with E-state index in [1.165, 1.54) is 0 Å². The molecule has 1 aromatic carbocycles. The van der Waals surface area contributed by atoms with E-state index in [1.54, 1.807) is 0 Å². The van der Waals surface area contributed by atoms with Crippen LogP contribution in [0.3, 0.4) is 0 Å². The van der Waals surface area contributed by atoms with Gasteiger partial charge in [0.15, 0.2) is 0 Å². The Balaban J connectivity index is 0.00000261. The lowest BCUT2D eigenvalue weighted by Gasteiger charge is -2.30. The van der Waals surface area contributed by atoms with Gasteiger partial charge < -0.3 is 10.1 Å². The van der Waals surface area contributed by atoms with E-state index in [-0.39, 0.29) is 30.2 Å². The highest BCUT2D eigenvalue weighted by Crippen LogP contribution is 2.46. The highest BCUT2D eigenvalue weighted by Gasteiger charge is 2.38. The molecule has 0 saturated heterocycles. The van der Waals surface area contributed by atoms with E-state index in [0.29, 0.717) is 12.2 Å². The molecule has 0 radical (unpaired) electrons. The van der Waals surface area contributed by atoms with Crippen molar-refractivity contribution < 1.29 is 9.53 Å². The van der Waals surface area contributed by atoms with Gasteiger partial charge in [-0.25, -0.2) is 4.79 Å². The van der Waals surface area contributed by atoms with Crippen LogP contribution in [0.4, 0.5) is 5.82 Å². The van der Waals surface area contributed by atoms with E-state index in [1.807, 2.05) is 37.7 Å². The molecular weight excluding hydrogens is 362 g/mol. The first kappa shape index (κ1) is 21.0. The third kappa shape index (κ3) is 3.61. The summed E-state index contributed by atoms with van der Waals surface area (Å²) in [7, 11) is 1.94. The summed E-state index contributed by atoms with van der Waals surface area (Å²) in [6.45, 7) is 10.5. The molecule has 0 aliphatic carbocycles. The van der Waals surface area contributed by atoms with Crippen molar-refractivity contribution in [3.05, 3.63) is 57.9 Å². The molecule has 0 bridgehead atoms. The number of allylic oxidation sites excluding steroid dienone is 1. The Bertz CT molecular complexity index is 884. The number of ether oxygens (including phenoxy) is 1. The third-order valence-electron chi connectivity index (χ3n) is 4.94. The number of nitrogens with one attached hydrogen (secondary N) is 1. The predicted octanol–water partition coefficient (Wildman–Crippen LogP) is 4.67. The molecule has 0 saturated carbocycles. The molecule has 1 aliphatic heterocycles. The molecule has 0 amide bonds. The van der Waals surface area contributed by atoms with Crippen LogP contribution in [0.2, 0.25) is 0 Å². The number of benzene rings is 1. The molecule has 3 rings (SSSR count). The number of nitrogens with zero attached hydrogens (tertiary/aromatic N) is 2. The summed E-state index contributed by atoms with van der Waals surface area (Å²) in [6, 6.07) is 8.22. The van der Waals surface area contributed by atoms with Crippen molar-refractivity contribution in [1.29, 1.82) is 0 Å². The standard InChI is InChI=1S/C21H27N3O2.ClH/c1-7-26-21(25)16-14(5)22-20-18(19(12(2)3)23-24(20)6)17(16)15-11-9-8-10-13(15)4;/h8-12,17,22H,7H2,1-6H3;1H. The second kappa shape index (κ2) is 8.17. The molecule has 1 unspecified atom stereocenters. The highest BCUT2D eigenvalue weighted by molar-refractivity contribution is 5.94. The Morgan fingerprint density at radius 3 is 2.56 bits per heavy atom. The third-order valence-corrected chi connectivity index (χ3v) is 4.94. The van der Waals surface area contributed by atoms with Gasteiger partial charge in [-0.3, -0.25) is 4.68 Å². The van der Waals surface area contributed by atoms with Gasteiger partial charge in [-0.1, -0.05) is 38.1 Å². The van der Waals surface area contributed by atoms with Crippen LogP contribution < -0.4 is 5.32 Å². The molecule has 1 N–H and O–H groups in total. The summed E-state index contributed by atoms with van der Waals surface area (Å²) in [5.74, 6) is 0.750. The zero-order chi connectivity index (χ0) is 19.0. The Labute approximate surface area is 167 Å². The highest BCUT2D eigenvalue weighted by atomic mass is 35.5. The number of rotatable bonds is 4. The van der Waals surface area contributed by atoms with Crippen molar-refractivity contribution >= 4 is 24.2 Å². The van der Waals surface area contributed by atoms with Gasteiger partial charge in [0, 0.05) is 24.2 Å². The van der Waals surface area contributed by atoms with Crippen LogP contribution in [0.15, 0.2) is 35.5 Å². The molecule has 2 heterocycles. The fourth-order valence-corrected chi connectivity index (χ4v) is 3.73. The van der Waals surface area contributed by atoms with Crippen molar-refractivity contribution in [2.24, 2.45) is 7.05 Å². The monoisotopic (exact) mass is 389 g/mol. The summed E-state index contributed by atoms with van der Waals surface area (Å²) in [6.07, 6.45) is 0. The Hall–Kier alpha value is -2.27. The molecule has 146 valence electrons. The number of carbonyl (C=O) groups is 1. The van der Waals surface area contributed by atoms with Crippen LogP contribution in [-0.4, -0.2) is 22.4 Å². The zero-order valence-electron chi connectivity index (χ0n) is 16.8. The fraction of sp³-hybridized carbons (Fsp3) is 0.429. The van der Waals surface area contributed by atoms with Crippen LogP contribution in [-0.2, 0) is 16.6 Å². The van der Waals surface area contributed by atoms with E-state index >= 15 is 0 Å². The van der Waals surface area contributed by atoms with Crippen LogP contribution >= 0.6 is 12.4 Å². The Morgan fingerprint density at radius 2 is 1.96 bits per heavy atom. The largest absolute Gasteiger partial charge is 0.463 e. The maximum absolute atomic E-state index is 12.9. The van der Waals surface area contributed by atoms with Crippen molar-refractivity contribution in [2.45, 2.75) is 46.5 Å². The molecule has 27 heavy (non-hydrogen) atoms. The minimum absolute atomic E-state index is 0. The van der Waals surface area contributed by atoms with Crippen molar-refractivity contribution in [1.82, 2.24) is 9.78 Å². The van der Waals surface area contributed by atoms with Gasteiger partial charge in [0.1, 0.15) is 5.82 Å². The van der Waals surface area contributed by atoms with Crippen LogP contribution in [0.25, 0.3) is 0 Å². The summed E-state index contributed by atoms with van der Waals surface area (Å²) in [5, 5.41) is 8.14. The molecule has 1 atom stereocenters. The lowest BCUT2D eigenvalue weighted by molar-refractivity contribution is -0.138. The smallest absolute Gasteiger partial charge is 0.336 e. The average molecular weight is 390 g/mol. The number of hydrogen-bond acceptors (Lipinski definition) is 4. The summed E-state index contributed by atoms with van der Waals surface area (Å²) in [5.41, 5.74) is 5.85. The topological polar surface area (TPSA) is 56.1 Å². The van der Waals surface area contributed by atoms with Gasteiger partial charge in [-0.15, -0.1) is 12.4 Å². The fourth-order valence-electron chi connectivity index (χ4n) is 3.73. The quantitative estimate of drug-likeness (QED) is 0.772. The molecule has 0 fully saturated rings. The molecule has 5 nitrogen and oxygen atoms in total. The molecule has 6 heteroatoms.